The second kappa shape index (κ2) is 7.97. The zero-order valence-corrected chi connectivity index (χ0v) is 13.8. The van der Waals surface area contributed by atoms with E-state index in [0.29, 0.717) is 11.5 Å². The number of amides is 1. The lowest BCUT2D eigenvalue weighted by Gasteiger charge is -2.08. The molecule has 0 bridgehead atoms. The van der Waals surface area contributed by atoms with Crippen molar-refractivity contribution in [2.45, 2.75) is 0 Å². The molecule has 0 aliphatic rings. The summed E-state index contributed by atoms with van der Waals surface area (Å²) in [4.78, 5) is 11.8. The Morgan fingerprint density at radius 1 is 1.04 bits per heavy atom. The largest absolute Gasteiger partial charge is 0.496 e. The molecular formula is C20H18N2O3. The highest BCUT2D eigenvalue weighted by molar-refractivity contribution is 6.02. The first-order valence-corrected chi connectivity index (χ1v) is 7.83. The molecule has 0 saturated carbocycles. The van der Waals surface area contributed by atoms with Gasteiger partial charge in [-0.3, -0.25) is 4.79 Å². The third-order valence-corrected chi connectivity index (χ3v) is 3.65. The van der Waals surface area contributed by atoms with Gasteiger partial charge in [0.1, 0.15) is 11.5 Å². The van der Waals surface area contributed by atoms with Crippen LogP contribution in [0.2, 0.25) is 0 Å². The first kappa shape index (κ1) is 16.5. The Morgan fingerprint density at radius 3 is 2.60 bits per heavy atom. The van der Waals surface area contributed by atoms with Gasteiger partial charge in [-0.25, -0.2) is 5.43 Å². The molecule has 0 fully saturated rings. The summed E-state index contributed by atoms with van der Waals surface area (Å²) >= 11 is 0. The molecule has 0 heterocycles. The van der Waals surface area contributed by atoms with Gasteiger partial charge >= 0.3 is 0 Å². The molecule has 0 spiro atoms. The molecule has 0 aromatic heterocycles. The van der Waals surface area contributed by atoms with Crippen LogP contribution in [0.3, 0.4) is 0 Å². The van der Waals surface area contributed by atoms with E-state index in [1.54, 1.807) is 25.5 Å². The highest BCUT2D eigenvalue weighted by Gasteiger charge is 2.06. The fraction of sp³-hybridized carbons (Fsp3) is 0.100. The van der Waals surface area contributed by atoms with E-state index in [2.05, 4.69) is 10.5 Å². The quantitative estimate of drug-likeness (QED) is 0.555. The van der Waals surface area contributed by atoms with Crippen LogP contribution >= 0.6 is 0 Å². The molecule has 0 aliphatic carbocycles. The third-order valence-electron chi connectivity index (χ3n) is 3.65. The van der Waals surface area contributed by atoms with Crippen LogP contribution in [-0.2, 0) is 4.79 Å². The number of rotatable bonds is 6. The van der Waals surface area contributed by atoms with Crippen molar-refractivity contribution in [3.63, 3.8) is 0 Å². The molecule has 0 radical (unpaired) electrons. The Bertz CT molecular complexity index is 892. The number of methoxy groups -OCH3 is 1. The number of hydrogen-bond acceptors (Lipinski definition) is 4. The van der Waals surface area contributed by atoms with E-state index < -0.39 is 0 Å². The van der Waals surface area contributed by atoms with Crippen molar-refractivity contribution in [1.29, 1.82) is 0 Å². The van der Waals surface area contributed by atoms with Crippen molar-refractivity contribution in [3.8, 4) is 11.5 Å². The van der Waals surface area contributed by atoms with E-state index in [-0.39, 0.29) is 12.5 Å². The van der Waals surface area contributed by atoms with E-state index in [1.165, 1.54) is 0 Å². The Morgan fingerprint density at radius 2 is 1.80 bits per heavy atom. The van der Waals surface area contributed by atoms with Gasteiger partial charge in [0.15, 0.2) is 6.61 Å². The summed E-state index contributed by atoms with van der Waals surface area (Å²) in [6, 6.07) is 20.9. The highest BCUT2D eigenvalue weighted by Crippen LogP contribution is 2.26. The number of ether oxygens (including phenoxy) is 2. The van der Waals surface area contributed by atoms with Crippen LogP contribution < -0.4 is 14.9 Å². The van der Waals surface area contributed by atoms with Crippen LogP contribution in [0, 0.1) is 0 Å². The monoisotopic (exact) mass is 334 g/mol. The van der Waals surface area contributed by atoms with Crippen molar-refractivity contribution in [2.24, 2.45) is 5.10 Å². The molecular weight excluding hydrogens is 316 g/mol. The first-order valence-electron chi connectivity index (χ1n) is 7.83. The van der Waals surface area contributed by atoms with Gasteiger partial charge in [0, 0.05) is 5.56 Å². The average Bonchev–Trinajstić information content (AvgIpc) is 2.67. The van der Waals surface area contributed by atoms with Gasteiger partial charge in [-0.05, 0) is 29.0 Å². The maximum absolute atomic E-state index is 11.8. The molecule has 1 N–H and O–H groups in total. The Labute approximate surface area is 145 Å². The van der Waals surface area contributed by atoms with E-state index in [4.69, 9.17) is 9.47 Å². The number of para-hydroxylation sites is 1. The molecule has 5 heteroatoms. The zero-order chi connectivity index (χ0) is 17.5. The van der Waals surface area contributed by atoms with Crippen molar-refractivity contribution in [1.82, 2.24) is 5.43 Å². The Kier molecular flexibility index (Phi) is 5.26. The minimum absolute atomic E-state index is 0.103. The van der Waals surface area contributed by atoms with Crippen LogP contribution in [0.25, 0.3) is 10.8 Å². The third kappa shape index (κ3) is 4.14. The molecule has 1 amide bonds. The van der Waals surface area contributed by atoms with E-state index in [9.17, 15) is 4.79 Å². The van der Waals surface area contributed by atoms with Gasteiger partial charge in [-0.1, -0.05) is 48.5 Å². The van der Waals surface area contributed by atoms with E-state index in [1.807, 2.05) is 54.6 Å². The van der Waals surface area contributed by atoms with E-state index in [0.717, 1.165) is 16.3 Å². The van der Waals surface area contributed by atoms with Crippen LogP contribution in [0.4, 0.5) is 0 Å². The van der Waals surface area contributed by atoms with Gasteiger partial charge in [-0.15, -0.1) is 0 Å². The number of carbonyl (C=O) groups excluding carboxylic acids is 1. The van der Waals surface area contributed by atoms with Crippen molar-refractivity contribution < 1.29 is 14.3 Å². The maximum atomic E-state index is 11.8. The molecule has 3 aromatic carbocycles. The predicted octanol–water partition coefficient (Wildman–Crippen LogP) is 3.38. The lowest BCUT2D eigenvalue weighted by molar-refractivity contribution is -0.123. The number of carbonyl (C=O) groups is 1. The number of hydrogen-bond donors (Lipinski definition) is 1. The molecule has 0 unspecified atom stereocenters. The summed E-state index contributed by atoms with van der Waals surface area (Å²) in [6.07, 6.45) is 1.58. The lowest BCUT2D eigenvalue weighted by atomic mass is 10.0. The molecule has 126 valence electrons. The van der Waals surface area contributed by atoms with Crippen molar-refractivity contribution in [3.05, 3.63) is 72.3 Å². The number of nitrogens with zero attached hydrogens (tertiary/aromatic N) is 1. The first-order chi connectivity index (χ1) is 12.3. The fourth-order valence-corrected chi connectivity index (χ4v) is 2.45. The smallest absolute Gasteiger partial charge is 0.277 e. The fourth-order valence-electron chi connectivity index (χ4n) is 2.45. The summed E-state index contributed by atoms with van der Waals surface area (Å²) < 4.78 is 10.8. The molecule has 5 nitrogen and oxygen atoms in total. The van der Waals surface area contributed by atoms with Crippen molar-refractivity contribution >= 4 is 22.9 Å². The highest BCUT2D eigenvalue weighted by atomic mass is 16.5. The molecule has 0 aliphatic heterocycles. The minimum Gasteiger partial charge on any atom is -0.496 e. The topological polar surface area (TPSA) is 59.9 Å². The second-order valence-electron chi connectivity index (χ2n) is 5.30. The van der Waals surface area contributed by atoms with Crippen LogP contribution in [0.5, 0.6) is 11.5 Å². The van der Waals surface area contributed by atoms with Crippen molar-refractivity contribution in [2.75, 3.05) is 13.7 Å². The van der Waals surface area contributed by atoms with Gasteiger partial charge in [0.25, 0.3) is 5.91 Å². The molecule has 3 rings (SSSR count). The minimum atomic E-state index is -0.334. The summed E-state index contributed by atoms with van der Waals surface area (Å²) in [5.41, 5.74) is 3.28. The molecule has 25 heavy (non-hydrogen) atoms. The Balaban J connectivity index is 1.67. The van der Waals surface area contributed by atoms with Crippen LogP contribution in [0.15, 0.2) is 71.8 Å². The standard InChI is InChI=1S/C20H18N2O3/c1-24-19-12-11-15-7-5-6-10-17(15)18(19)13-21-22-20(23)14-25-16-8-3-2-4-9-16/h2-13H,14H2,1H3,(H,22,23). The number of fused-ring (bicyclic) bond motifs is 1. The van der Waals surface area contributed by atoms with Gasteiger partial charge < -0.3 is 9.47 Å². The zero-order valence-electron chi connectivity index (χ0n) is 13.8. The van der Waals surface area contributed by atoms with Crippen LogP contribution in [0.1, 0.15) is 5.56 Å². The lowest BCUT2D eigenvalue weighted by Crippen LogP contribution is -2.24. The average molecular weight is 334 g/mol. The molecule has 0 atom stereocenters. The summed E-state index contributed by atoms with van der Waals surface area (Å²) in [6.45, 7) is -0.103. The maximum Gasteiger partial charge on any atom is 0.277 e. The summed E-state index contributed by atoms with van der Waals surface area (Å²) in [5.74, 6) is 0.994. The molecule has 3 aromatic rings. The van der Waals surface area contributed by atoms with Gasteiger partial charge in [0.05, 0.1) is 13.3 Å². The summed E-state index contributed by atoms with van der Waals surface area (Å²) in [5, 5.41) is 6.10. The van der Waals surface area contributed by atoms with Gasteiger partial charge in [-0.2, -0.15) is 5.10 Å². The predicted molar refractivity (Wildman–Crippen MR) is 98.2 cm³/mol. The number of benzene rings is 3. The summed E-state index contributed by atoms with van der Waals surface area (Å²) in [7, 11) is 1.60. The normalized spacial score (nSPS) is 10.8. The SMILES string of the molecule is COc1ccc2ccccc2c1C=NNC(=O)COc1ccccc1. The number of nitrogens with one attached hydrogen (secondary N) is 1. The second-order valence-corrected chi connectivity index (χ2v) is 5.30. The van der Waals surface area contributed by atoms with E-state index >= 15 is 0 Å². The van der Waals surface area contributed by atoms with Gasteiger partial charge in [0.2, 0.25) is 0 Å². The number of hydrazone groups is 1. The molecule has 0 saturated heterocycles. The van der Waals surface area contributed by atoms with Crippen LogP contribution in [-0.4, -0.2) is 25.8 Å². The Hall–Kier alpha value is -3.34.